The minimum atomic E-state index is -0.0956. The zero-order valence-corrected chi connectivity index (χ0v) is 19.2. The third-order valence-corrected chi connectivity index (χ3v) is 6.66. The predicted octanol–water partition coefficient (Wildman–Crippen LogP) is 4.73. The Balaban J connectivity index is 1.43. The number of amides is 1. The van der Waals surface area contributed by atoms with E-state index < -0.39 is 0 Å². The lowest BCUT2D eigenvalue weighted by Gasteiger charge is -2.29. The topological polar surface area (TPSA) is 73.8 Å². The number of carbonyl (C=O) groups is 1. The fraction of sp³-hybridized carbons (Fsp3) is 0.240. The van der Waals surface area contributed by atoms with Crippen molar-refractivity contribution in [2.24, 2.45) is 0 Å². The van der Waals surface area contributed by atoms with Gasteiger partial charge in [0.05, 0.1) is 19.6 Å². The summed E-state index contributed by atoms with van der Waals surface area (Å²) in [4.78, 5) is 24.4. The Labute approximate surface area is 195 Å². The lowest BCUT2D eigenvalue weighted by molar-refractivity contribution is -0.120. The van der Waals surface area contributed by atoms with Crippen LogP contribution in [0, 0.1) is 0 Å². The summed E-state index contributed by atoms with van der Waals surface area (Å²) in [7, 11) is 3.21. The van der Waals surface area contributed by atoms with Gasteiger partial charge in [-0.3, -0.25) is 4.79 Å². The molecule has 0 radical (unpaired) electrons. The highest BCUT2D eigenvalue weighted by atomic mass is 32.1. The molecule has 0 bridgehead atoms. The molecule has 1 aliphatic heterocycles. The quantitative estimate of drug-likeness (QED) is 0.413. The second kappa shape index (κ2) is 9.07. The highest BCUT2D eigenvalue weighted by Gasteiger charge is 2.23. The van der Waals surface area contributed by atoms with Crippen LogP contribution in [-0.4, -0.2) is 43.2 Å². The Morgan fingerprint density at radius 2 is 1.94 bits per heavy atom. The molecule has 33 heavy (non-hydrogen) atoms. The molecule has 0 spiro atoms. The number of ether oxygens (including phenoxy) is 3. The number of thiophene rings is 1. The van der Waals surface area contributed by atoms with Crippen LogP contribution in [0.1, 0.15) is 12.0 Å². The molecular formula is C25H23N3O4S. The third kappa shape index (κ3) is 3.98. The third-order valence-electron chi connectivity index (χ3n) is 5.77. The average Bonchev–Trinajstić information content (AvgIpc) is 3.31. The van der Waals surface area contributed by atoms with Crippen LogP contribution in [0.2, 0.25) is 0 Å². The molecule has 4 aromatic rings. The van der Waals surface area contributed by atoms with Crippen molar-refractivity contribution in [1.82, 2.24) is 9.97 Å². The Hall–Kier alpha value is -3.65. The Morgan fingerprint density at radius 3 is 2.79 bits per heavy atom. The Morgan fingerprint density at radius 1 is 1.09 bits per heavy atom. The van der Waals surface area contributed by atoms with Gasteiger partial charge in [0, 0.05) is 23.2 Å². The molecule has 168 valence electrons. The molecule has 3 heterocycles. The molecule has 0 N–H and O–H groups in total. The number of methoxy groups -OCH3 is 2. The van der Waals surface area contributed by atoms with Crippen LogP contribution < -0.4 is 19.1 Å². The summed E-state index contributed by atoms with van der Waals surface area (Å²) in [6, 6.07) is 13.8. The first kappa shape index (κ1) is 21.2. The number of para-hydroxylation sites is 1. The first-order chi connectivity index (χ1) is 16.2. The molecule has 0 fully saturated rings. The molecule has 0 saturated carbocycles. The molecule has 0 unspecified atom stereocenters. The minimum Gasteiger partial charge on any atom is -0.493 e. The summed E-state index contributed by atoms with van der Waals surface area (Å²) in [5.74, 6) is 1.59. The Bertz CT molecular complexity index is 1320. The van der Waals surface area contributed by atoms with Gasteiger partial charge >= 0.3 is 0 Å². The number of benzene rings is 2. The number of aryl methyl sites for hydroxylation is 1. The maximum atomic E-state index is 13.0. The van der Waals surface area contributed by atoms with E-state index in [1.165, 1.54) is 23.2 Å². The van der Waals surface area contributed by atoms with E-state index in [0.717, 1.165) is 39.9 Å². The van der Waals surface area contributed by atoms with Gasteiger partial charge in [0.25, 0.3) is 5.91 Å². The fourth-order valence-electron chi connectivity index (χ4n) is 4.17. The lowest BCUT2D eigenvalue weighted by atomic mass is 10.0. The number of nitrogens with zero attached hydrogens (tertiary/aromatic N) is 3. The van der Waals surface area contributed by atoms with Gasteiger partial charge < -0.3 is 19.1 Å². The number of anilines is 1. The molecule has 2 aromatic heterocycles. The van der Waals surface area contributed by atoms with E-state index in [4.69, 9.17) is 14.2 Å². The van der Waals surface area contributed by atoms with Gasteiger partial charge in [0.1, 0.15) is 11.2 Å². The molecule has 5 rings (SSSR count). The molecule has 0 atom stereocenters. The van der Waals surface area contributed by atoms with E-state index >= 15 is 0 Å². The number of rotatable bonds is 6. The monoisotopic (exact) mass is 461 g/mol. The van der Waals surface area contributed by atoms with Crippen LogP contribution in [0.5, 0.6) is 17.4 Å². The average molecular weight is 462 g/mol. The molecule has 8 heteroatoms. The number of hydrogen-bond donors (Lipinski definition) is 0. The first-order valence-electron chi connectivity index (χ1n) is 10.6. The maximum absolute atomic E-state index is 13.0. The molecule has 1 aliphatic rings. The van der Waals surface area contributed by atoms with E-state index in [-0.39, 0.29) is 12.5 Å². The van der Waals surface area contributed by atoms with Gasteiger partial charge in [-0.2, -0.15) is 0 Å². The second-order valence-electron chi connectivity index (χ2n) is 7.64. The van der Waals surface area contributed by atoms with Crippen molar-refractivity contribution in [2.45, 2.75) is 12.8 Å². The maximum Gasteiger partial charge on any atom is 0.264 e. The predicted molar refractivity (Wildman–Crippen MR) is 129 cm³/mol. The summed E-state index contributed by atoms with van der Waals surface area (Å²) in [5.41, 5.74) is 4.00. The zero-order valence-electron chi connectivity index (χ0n) is 18.4. The number of fused-ring (bicyclic) bond motifs is 2. The van der Waals surface area contributed by atoms with E-state index in [2.05, 4.69) is 16.0 Å². The van der Waals surface area contributed by atoms with Gasteiger partial charge in [0.2, 0.25) is 5.88 Å². The SMILES string of the molecule is COc1ccc(-c2csc3ncnc(OCC(=O)N4CCCc5ccccc54)c23)cc1OC. The number of hydrogen-bond acceptors (Lipinski definition) is 7. The molecule has 2 aromatic carbocycles. The minimum absolute atomic E-state index is 0.0863. The van der Waals surface area contributed by atoms with E-state index in [0.29, 0.717) is 23.9 Å². The summed E-state index contributed by atoms with van der Waals surface area (Å²) >= 11 is 1.50. The molecule has 7 nitrogen and oxygen atoms in total. The van der Waals surface area contributed by atoms with Crippen LogP contribution >= 0.6 is 11.3 Å². The van der Waals surface area contributed by atoms with Crippen molar-refractivity contribution in [2.75, 3.05) is 32.3 Å². The van der Waals surface area contributed by atoms with Gasteiger partial charge in [-0.25, -0.2) is 9.97 Å². The lowest BCUT2D eigenvalue weighted by Crippen LogP contribution is -2.38. The Kier molecular flexibility index (Phi) is 5.83. The van der Waals surface area contributed by atoms with Gasteiger partial charge in [-0.05, 0) is 42.2 Å². The van der Waals surface area contributed by atoms with E-state index in [9.17, 15) is 4.79 Å². The molecular weight excluding hydrogens is 438 g/mol. The number of carbonyl (C=O) groups excluding carboxylic acids is 1. The van der Waals surface area contributed by atoms with Crippen molar-refractivity contribution in [3.63, 3.8) is 0 Å². The number of aromatic nitrogens is 2. The highest BCUT2D eigenvalue weighted by molar-refractivity contribution is 7.17. The van der Waals surface area contributed by atoms with Crippen LogP contribution in [0.15, 0.2) is 54.2 Å². The van der Waals surface area contributed by atoms with Crippen LogP contribution in [-0.2, 0) is 11.2 Å². The van der Waals surface area contributed by atoms with E-state index in [1.807, 2.05) is 41.8 Å². The highest BCUT2D eigenvalue weighted by Crippen LogP contribution is 2.40. The fourth-order valence-corrected chi connectivity index (χ4v) is 5.08. The van der Waals surface area contributed by atoms with Crippen molar-refractivity contribution < 1.29 is 19.0 Å². The van der Waals surface area contributed by atoms with Crippen molar-refractivity contribution in [3.05, 3.63) is 59.7 Å². The van der Waals surface area contributed by atoms with Gasteiger partial charge in [-0.15, -0.1) is 11.3 Å². The van der Waals surface area contributed by atoms with Crippen molar-refractivity contribution in [3.8, 4) is 28.5 Å². The molecule has 1 amide bonds. The summed E-state index contributed by atoms with van der Waals surface area (Å²) in [5, 5.41) is 2.79. The summed E-state index contributed by atoms with van der Waals surface area (Å²) < 4.78 is 16.8. The van der Waals surface area contributed by atoms with Crippen LogP contribution in [0.4, 0.5) is 5.69 Å². The van der Waals surface area contributed by atoms with Crippen molar-refractivity contribution >= 4 is 33.1 Å². The zero-order chi connectivity index (χ0) is 22.8. The largest absolute Gasteiger partial charge is 0.493 e. The van der Waals surface area contributed by atoms with E-state index in [1.54, 1.807) is 19.1 Å². The summed E-state index contributed by atoms with van der Waals surface area (Å²) in [6.45, 7) is 0.593. The normalized spacial score (nSPS) is 13.0. The molecule has 0 aliphatic carbocycles. The molecule has 0 saturated heterocycles. The summed E-state index contributed by atoms with van der Waals surface area (Å²) in [6.07, 6.45) is 3.39. The van der Waals surface area contributed by atoms with Gasteiger partial charge in [0.15, 0.2) is 18.1 Å². The van der Waals surface area contributed by atoms with Crippen LogP contribution in [0.3, 0.4) is 0 Å². The van der Waals surface area contributed by atoms with Crippen molar-refractivity contribution in [1.29, 1.82) is 0 Å². The van der Waals surface area contributed by atoms with Gasteiger partial charge in [-0.1, -0.05) is 24.3 Å². The first-order valence-corrected chi connectivity index (χ1v) is 11.5. The van der Waals surface area contributed by atoms with Crippen LogP contribution in [0.25, 0.3) is 21.3 Å². The standard InChI is InChI=1S/C25H23N3O4S/c1-30-20-10-9-17(12-21(20)31-2)18-14-33-25-23(18)24(26-15-27-25)32-13-22(29)28-11-5-7-16-6-3-4-8-19(16)28/h3-4,6,8-10,12,14-15H,5,7,11,13H2,1-2H3. The smallest absolute Gasteiger partial charge is 0.264 e. The second-order valence-corrected chi connectivity index (χ2v) is 8.50.